The van der Waals surface area contributed by atoms with E-state index >= 15 is 0 Å². The van der Waals surface area contributed by atoms with Gasteiger partial charge in [-0.3, -0.25) is 0 Å². The van der Waals surface area contributed by atoms with Crippen molar-refractivity contribution >= 4 is 0 Å². The maximum absolute atomic E-state index is 5.82. The quantitative estimate of drug-likeness (QED) is 0.819. The molecule has 7 nitrogen and oxygen atoms in total. The number of morpholine rings is 1. The van der Waals surface area contributed by atoms with Crippen LogP contribution in [0.5, 0.6) is 0 Å². The summed E-state index contributed by atoms with van der Waals surface area (Å²) < 4.78 is 15.9. The Kier molecular flexibility index (Phi) is 3.31. The fourth-order valence-corrected chi connectivity index (χ4v) is 2.26. The van der Waals surface area contributed by atoms with E-state index in [0.29, 0.717) is 18.1 Å². The number of nitrogens with zero attached hydrogens (tertiary/aromatic N) is 4. The molecule has 1 saturated heterocycles. The van der Waals surface area contributed by atoms with E-state index in [1.54, 1.807) is 6.07 Å². The summed E-state index contributed by atoms with van der Waals surface area (Å²) in [5, 5.41) is 7.77. The monoisotopic (exact) mass is 264 g/mol. The number of likely N-dealkylation sites (N-methyl/N-ethyl adjacent to an activating group) is 1. The lowest BCUT2D eigenvalue weighted by Gasteiger charge is -2.32. The summed E-state index contributed by atoms with van der Waals surface area (Å²) in [4.78, 5) is 6.56. The van der Waals surface area contributed by atoms with E-state index in [0.717, 1.165) is 18.8 Å². The predicted octanol–water partition coefficient (Wildman–Crippen LogP) is 1.04. The van der Waals surface area contributed by atoms with E-state index in [2.05, 4.69) is 27.2 Å². The van der Waals surface area contributed by atoms with Crippen molar-refractivity contribution in [2.24, 2.45) is 0 Å². The van der Waals surface area contributed by atoms with Gasteiger partial charge in [-0.05, 0) is 14.0 Å². The van der Waals surface area contributed by atoms with Crippen LogP contribution in [-0.4, -0.2) is 46.4 Å². The third-order valence-corrected chi connectivity index (χ3v) is 3.03. The molecule has 0 aliphatic carbocycles. The average Bonchev–Trinajstić information content (AvgIpc) is 2.99. The molecule has 3 heterocycles. The highest BCUT2D eigenvalue weighted by atomic mass is 16.5. The first-order valence-electron chi connectivity index (χ1n) is 6.26. The van der Waals surface area contributed by atoms with E-state index in [9.17, 15) is 0 Å². The molecule has 1 aliphatic rings. The lowest BCUT2D eigenvalue weighted by molar-refractivity contribution is -0.0838. The summed E-state index contributed by atoms with van der Waals surface area (Å²) in [6.45, 7) is 3.71. The fraction of sp³-hybridized carbons (Fsp3) is 0.583. The average molecular weight is 264 g/mol. The Hall–Kier alpha value is -1.73. The van der Waals surface area contributed by atoms with Gasteiger partial charge in [-0.1, -0.05) is 10.3 Å². The standard InChI is InChI=1S/C12H16N4O3/c1-8-6-16(2)7-10(18-8)12-13-11(15-19-12)5-9-3-4-17-14-9/h3-4,8,10H,5-7H2,1-2H3/t8-,10-/m1/s1. The van der Waals surface area contributed by atoms with E-state index in [4.69, 9.17) is 13.8 Å². The molecule has 1 aliphatic heterocycles. The first-order valence-corrected chi connectivity index (χ1v) is 6.26. The molecule has 2 atom stereocenters. The summed E-state index contributed by atoms with van der Waals surface area (Å²) in [6.07, 6.45) is 2.02. The zero-order valence-electron chi connectivity index (χ0n) is 10.9. The third-order valence-electron chi connectivity index (χ3n) is 3.03. The fourth-order valence-electron chi connectivity index (χ4n) is 2.26. The molecule has 0 unspecified atom stereocenters. The molecule has 3 rings (SSSR count). The predicted molar refractivity (Wildman–Crippen MR) is 64.4 cm³/mol. The molecule has 0 aromatic carbocycles. The van der Waals surface area contributed by atoms with Gasteiger partial charge in [0.05, 0.1) is 18.2 Å². The maximum Gasteiger partial charge on any atom is 0.257 e. The molecule has 7 heteroatoms. The van der Waals surface area contributed by atoms with Crippen molar-refractivity contribution in [1.29, 1.82) is 0 Å². The molecule has 0 spiro atoms. The van der Waals surface area contributed by atoms with Gasteiger partial charge in [-0.2, -0.15) is 4.98 Å². The van der Waals surface area contributed by atoms with Crippen LogP contribution in [0.2, 0.25) is 0 Å². The van der Waals surface area contributed by atoms with Crippen molar-refractivity contribution in [2.75, 3.05) is 20.1 Å². The molecule has 0 bridgehead atoms. The second kappa shape index (κ2) is 5.10. The number of hydrogen-bond donors (Lipinski definition) is 0. The molecule has 1 fully saturated rings. The minimum Gasteiger partial charge on any atom is -0.364 e. The van der Waals surface area contributed by atoms with Crippen molar-refractivity contribution in [3.63, 3.8) is 0 Å². The van der Waals surface area contributed by atoms with Gasteiger partial charge in [-0.25, -0.2) is 0 Å². The second-order valence-electron chi connectivity index (χ2n) is 4.87. The molecule has 102 valence electrons. The van der Waals surface area contributed by atoms with Crippen LogP contribution in [-0.2, 0) is 11.2 Å². The first kappa shape index (κ1) is 12.3. The van der Waals surface area contributed by atoms with Crippen LogP contribution in [0.4, 0.5) is 0 Å². The van der Waals surface area contributed by atoms with Crippen molar-refractivity contribution in [3.05, 3.63) is 29.7 Å². The highest BCUT2D eigenvalue weighted by molar-refractivity contribution is 5.05. The molecule has 19 heavy (non-hydrogen) atoms. The molecular weight excluding hydrogens is 248 g/mol. The molecule has 2 aromatic heterocycles. The van der Waals surface area contributed by atoms with Gasteiger partial charge in [0.15, 0.2) is 5.82 Å². The maximum atomic E-state index is 5.82. The molecule has 0 N–H and O–H groups in total. The number of aromatic nitrogens is 3. The van der Waals surface area contributed by atoms with Crippen LogP contribution in [0.3, 0.4) is 0 Å². The Bertz CT molecular complexity index is 515. The highest BCUT2D eigenvalue weighted by Gasteiger charge is 2.28. The van der Waals surface area contributed by atoms with Crippen LogP contribution in [0.15, 0.2) is 21.4 Å². The smallest absolute Gasteiger partial charge is 0.257 e. The van der Waals surface area contributed by atoms with E-state index in [-0.39, 0.29) is 12.2 Å². The Morgan fingerprint density at radius 2 is 2.26 bits per heavy atom. The molecule has 0 radical (unpaired) electrons. The lowest BCUT2D eigenvalue weighted by atomic mass is 10.2. The Labute approximate surface area is 110 Å². The lowest BCUT2D eigenvalue weighted by Crippen LogP contribution is -2.40. The Morgan fingerprint density at radius 3 is 3.00 bits per heavy atom. The number of ether oxygens (including phenoxy) is 1. The summed E-state index contributed by atoms with van der Waals surface area (Å²) in [5.41, 5.74) is 0.780. The number of hydrogen-bond acceptors (Lipinski definition) is 7. The van der Waals surface area contributed by atoms with Gasteiger partial charge >= 0.3 is 0 Å². The van der Waals surface area contributed by atoms with Crippen molar-refractivity contribution in [2.45, 2.75) is 25.6 Å². The topological polar surface area (TPSA) is 77.4 Å². The minimum absolute atomic E-state index is 0.160. The van der Waals surface area contributed by atoms with Crippen molar-refractivity contribution in [1.82, 2.24) is 20.2 Å². The van der Waals surface area contributed by atoms with Crippen LogP contribution in [0.25, 0.3) is 0 Å². The Morgan fingerprint density at radius 1 is 1.37 bits per heavy atom. The summed E-state index contributed by atoms with van der Waals surface area (Å²) in [7, 11) is 2.05. The Balaban J connectivity index is 1.70. The van der Waals surface area contributed by atoms with Crippen LogP contribution >= 0.6 is 0 Å². The minimum atomic E-state index is -0.160. The van der Waals surface area contributed by atoms with Gasteiger partial charge in [0.25, 0.3) is 5.89 Å². The van der Waals surface area contributed by atoms with Crippen LogP contribution < -0.4 is 0 Å². The molecule has 0 saturated carbocycles. The van der Waals surface area contributed by atoms with Crippen molar-refractivity contribution < 1.29 is 13.8 Å². The SMILES string of the molecule is C[C@@H]1CN(C)C[C@H](c2nc(Cc3ccon3)no2)O1. The summed E-state index contributed by atoms with van der Waals surface area (Å²) >= 11 is 0. The van der Waals surface area contributed by atoms with Gasteiger partial charge in [0.1, 0.15) is 12.4 Å². The van der Waals surface area contributed by atoms with E-state index in [1.165, 1.54) is 6.26 Å². The summed E-state index contributed by atoms with van der Waals surface area (Å²) in [5.74, 6) is 1.12. The summed E-state index contributed by atoms with van der Waals surface area (Å²) in [6, 6.07) is 1.78. The van der Waals surface area contributed by atoms with E-state index < -0.39 is 0 Å². The third kappa shape index (κ3) is 2.82. The zero-order valence-corrected chi connectivity index (χ0v) is 10.9. The first-order chi connectivity index (χ1) is 9.20. The van der Waals surface area contributed by atoms with Crippen LogP contribution in [0, 0.1) is 0 Å². The zero-order chi connectivity index (χ0) is 13.2. The van der Waals surface area contributed by atoms with Gasteiger partial charge in [0, 0.05) is 19.2 Å². The van der Waals surface area contributed by atoms with Gasteiger partial charge in [0.2, 0.25) is 0 Å². The molecular formula is C12H16N4O3. The number of rotatable bonds is 3. The van der Waals surface area contributed by atoms with Crippen molar-refractivity contribution in [3.8, 4) is 0 Å². The van der Waals surface area contributed by atoms with Gasteiger partial charge in [-0.15, -0.1) is 0 Å². The highest BCUT2D eigenvalue weighted by Crippen LogP contribution is 2.23. The normalized spacial score (nSPS) is 24.7. The van der Waals surface area contributed by atoms with Crippen LogP contribution in [0.1, 0.15) is 30.4 Å². The van der Waals surface area contributed by atoms with E-state index in [1.807, 2.05) is 6.92 Å². The molecule has 2 aromatic rings. The molecule has 0 amide bonds. The largest absolute Gasteiger partial charge is 0.364 e. The second-order valence-corrected chi connectivity index (χ2v) is 4.87. The van der Waals surface area contributed by atoms with Gasteiger partial charge < -0.3 is 18.7 Å².